The van der Waals surface area contributed by atoms with E-state index in [1.165, 1.54) is 11.1 Å². The van der Waals surface area contributed by atoms with Crippen LogP contribution in [-0.2, 0) is 0 Å². The highest BCUT2D eigenvalue weighted by atomic mass is 15.0. The fourth-order valence-electron chi connectivity index (χ4n) is 6.25. The molecule has 1 aliphatic carbocycles. The first-order chi connectivity index (χ1) is 21.7. The van der Waals surface area contributed by atoms with E-state index in [2.05, 4.69) is 139 Å². The molecular weight excluding hydrogens is 536 g/mol. The van der Waals surface area contributed by atoms with Crippen molar-refractivity contribution < 1.29 is 0 Å². The van der Waals surface area contributed by atoms with Crippen LogP contribution in [0.1, 0.15) is 19.2 Å². The van der Waals surface area contributed by atoms with Gasteiger partial charge in [-0.3, -0.25) is 0 Å². The van der Waals surface area contributed by atoms with Crippen molar-refractivity contribution in [1.29, 1.82) is 0 Å². The summed E-state index contributed by atoms with van der Waals surface area (Å²) in [5.74, 6) is 2.47. The summed E-state index contributed by atoms with van der Waals surface area (Å²) in [6.07, 6.45) is 7.64. The Morgan fingerprint density at radius 1 is 0.591 bits per heavy atom. The lowest BCUT2D eigenvalue weighted by atomic mass is 9.97. The van der Waals surface area contributed by atoms with Crippen LogP contribution >= 0.6 is 0 Å². The van der Waals surface area contributed by atoms with Gasteiger partial charge in [0.05, 0.1) is 11.0 Å². The van der Waals surface area contributed by atoms with Gasteiger partial charge in [0.25, 0.3) is 0 Å². The highest BCUT2D eigenvalue weighted by Gasteiger charge is 2.21. The maximum Gasteiger partial charge on any atom is 0.164 e. The van der Waals surface area contributed by atoms with E-state index < -0.39 is 0 Å². The zero-order valence-corrected chi connectivity index (χ0v) is 24.4. The van der Waals surface area contributed by atoms with Crippen molar-refractivity contribution in [1.82, 2.24) is 19.5 Å². The molecule has 0 bridgehead atoms. The SMILES string of the molecule is CC1C=C(c2nc(-c3ccccc3)nc(-c3cccc4c3c3cc(-c5ccccc5)ccc3n4-c3ccccc3)n2)C=CC1. The molecular formula is C40H30N4. The van der Waals surface area contributed by atoms with Crippen LogP contribution in [0.2, 0.25) is 0 Å². The monoisotopic (exact) mass is 566 g/mol. The van der Waals surface area contributed by atoms with Crippen molar-refractivity contribution in [3.63, 3.8) is 0 Å². The molecule has 7 aromatic rings. The van der Waals surface area contributed by atoms with Gasteiger partial charge in [0.2, 0.25) is 0 Å². The van der Waals surface area contributed by atoms with Gasteiger partial charge in [-0.1, -0.05) is 122 Å². The molecule has 210 valence electrons. The molecule has 0 radical (unpaired) electrons. The quantitative estimate of drug-likeness (QED) is 0.208. The lowest BCUT2D eigenvalue weighted by Gasteiger charge is -2.14. The zero-order valence-electron chi connectivity index (χ0n) is 24.4. The van der Waals surface area contributed by atoms with E-state index in [-0.39, 0.29) is 0 Å². The van der Waals surface area contributed by atoms with E-state index in [1.54, 1.807) is 0 Å². The second kappa shape index (κ2) is 10.9. The number of nitrogens with zero attached hydrogens (tertiary/aromatic N) is 4. The predicted molar refractivity (Wildman–Crippen MR) is 181 cm³/mol. The van der Waals surface area contributed by atoms with Crippen LogP contribution in [0.4, 0.5) is 0 Å². The standard InChI is InChI=1S/C40H30N4/c1-27-13-11-18-31(25-27)39-41-38(29-16-7-3-8-17-29)42-40(43-39)33-21-12-22-36-37(33)34-26-30(28-14-5-2-6-15-28)23-24-35(34)44(36)32-19-9-4-10-20-32/h2-12,14-27H,13H2,1H3. The second-order valence-electron chi connectivity index (χ2n) is 11.4. The molecule has 0 aliphatic heterocycles. The Morgan fingerprint density at radius 2 is 1.27 bits per heavy atom. The summed E-state index contributed by atoms with van der Waals surface area (Å²) in [5.41, 5.74) is 8.72. The fourth-order valence-corrected chi connectivity index (χ4v) is 6.25. The highest BCUT2D eigenvalue weighted by molar-refractivity contribution is 6.16. The molecule has 1 aliphatic rings. The molecule has 0 N–H and O–H groups in total. The molecule has 2 heterocycles. The van der Waals surface area contributed by atoms with Crippen LogP contribution < -0.4 is 0 Å². The first kappa shape index (κ1) is 26.1. The van der Waals surface area contributed by atoms with Gasteiger partial charge in [-0.05, 0) is 53.8 Å². The molecule has 0 spiro atoms. The Bertz CT molecular complexity index is 2190. The van der Waals surface area contributed by atoms with Gasteiger partial charge in [0, 0.05) is 33.2 Å². The number of fused-ring (bicyclic) bond motifs is 3. The van der Waals surface area contributed by atoms with Gasteiger partial charge in [-0.15, -0.1) is 0 Å². The van der Waals surface area contributed by atoms with Crippen molar-refractivity contribution in [2.45, 2.75) is 13.3 Å². The molecule has 8 rings (SSSR count). The van der Waals surface area contributed by atoms with E-state index in [9.17, 15) is 0 Å². The maximum atomic E-state index is 5.16. The van der Waals surface area contributed by atoms with E-state index >= 15 is 0 Å². The number of hydrogen-bond acceptors (Lipinski definition) is 3. The van der Waals surface area contributed by atoms with Gasteiger partial charge in [-0.25, -0.2) is 15.0 Å². The van der Waals surface area contributed by atoms with Gasteiger partial charge in [-0.2, -0.15) is 0 Å². The smallest absolute Gasteiger partial charge is 0.164 e. The van der Waals surface area contributed by atoms with Crippen LogP contribution in [0.15, 0.2) is 146 Å². The normalized spacial score (nSPS) is 14.7. The number of aromatic nitrogens is 4. The lowest BCUT2D eigenvalue weighted by Crippen LogP contribution is -2.04. The molecule has 0 fully saturated rings. The summed E-state index contributed by atoms with van der Waals surface area (Å²) >= 11 is 0. The first-order valence-corrected chi connectivity index (χ1v) is 15.1. The predicted octanol–water partition coefficient (Wildman–Crippen LogP) is 9.95. The number of para-hydroxylation sites is 1. The highest BCUT2D eigenvalue weighted by Crippen LogP contribution is 2.40. The average molecular weight is 567 g/mol. The number of benzene rings is 5. The van der Waals surface area contributed by atoms with Crippen LogP contribution in [-0.4, -0.2) is 19.5 Å². The molecule has 4 nitrogen and oxygen atoms in total. The summed E-state index contributed by atoms with van der Waals surface area (Å²) in [7, 11) is 0. The van der Waals surface area contributed by atoms with E-state index in [4.69, 9.17) is 15.0 Å². The summed E-state index contributed by atoms with van der Waals surface area (Å²) in [6, 6.07) is 44.5. The molecule has 0 saturated heterocycles. The Morgan fingerprint density at radius 3 is 2.02 bits per heavy atom. The van der Waals surface area contributed by atoms with Gasteiger partial charge in [0.15, 0.2) is 17.5 Å². The molecule has 0 amide bonds. The molecule has 5 aromatic carbocycles. The Labute approximate surface area is 256 Å². The Kier molecular flexibility index (Phi) is 6.45. The first-order valence-electron chi connectivity index (χ1n) is 15.1. The van der Waals surface area contributed by atoms with E-state index in [1.807, 2.05) is 18.2 Å². The minimum Gasteiger partial charge on any atom is -0.309 e. The molecule has 1 atom stereocenters. The molecule has 4 heteroatoms. The molecule has 2 aromatic heterocycles. The maximum absolute atomic E-state index is 5.16. The number of allylic oxidation sites excluding steroid dienone is 4. The Hall–Kier alpha value is -5.61. The molecule has 1 unspecified atom stereocenters. The third-order valence-corrected chi connectivity index (χ3v) is 8.35. The third kappa shape index (κ3) is 4.61. The zero-order chi connectivity index (χ0) is 29.5. The largest absolute Gasteiger partial charge is 0.309 e. The van der Waals surface area contributed by atoms with Crippen LogP contribution in [0.5, 0.6) is 0 Å². The van der Waals surface area contributed by atoms with Crippen LogP contribution in [0.3, 0.4) is 0 Å². The van der Waals surface area contributed by atoms with Crippen molar-refractivity contribution >= 4 is 27.4 Å². The van der Waals surface area contributed by atoms with E-state index in [0.717, 1.165) is 50.6 Å². The lowest BCUT2D eigenvalue weighted by molar-refractivity contribution is 0.738. The van der Waals surface area contributed by atoms with Gasteiger partial charge < -0.3 is 4.57 Å². The molecule has 0 saturated carbocycles. The second-order valence-corrected chi connectivity index (χ2v) is 11.4. The van der Waals surface area contributed by atoms with Crippen molar-refractivity contribution in [3.8, 4) is 39.6 Å². The topological polar surface area (TPSA) is 43.6 Å². The average Bonchev–Trinajstić information content (AvgIpc) is 3.43. The third-order valence-electron chi connectivity index (χ3n) is 8.35. The summed E-state index contributed by atoms with van der Waals surface area (Å²) in [4.78, 5) is 15.3. The van der Waals surface area contributed by atoms with Gasteiger partial charge in [0.1, 0.15) is 0 Å². The minimum atomic E-state index is 0.430. The van der Waals surface area contributed by atoms with E-state index in [0.29, 0.717) is 23.4 Å². The van der Waals surface area contributed by atoms with Crippen molar-refractivity contribution in [2.24, 2.45) is 5.92 Å². The summed E-state index contributed by atoms with van der Waals surface area (Å²) < 4.78 is 2.34. The molecule has 44 heavy (non-hydrogen) atoms. The summed E-state index contributed by atoms with van der Waals surface area (Å²) in [6.45, 7) is 2.23. The van der Waals surface area contributed by atoms with Crippen molar-refractivity contribution in [2.75, 3.05) is 0 Å². The number of rotatable bonds is 5. The van der Waals surface area contributed by atoms with Crippen molar-refractivity contribution in [3.05, 3.63) is 151 Å². The fraction of sp³-hybridized carbons (Fsp3) is 0.0750. The Balaban J connectivity index is 1.44. The minimum absolute atomic E-state index is 0.430. The van der Waals surface area contributed by atoms with Crippen LogP contribution in [0, 0.1) is 5.92 Å². The van der Waals surface area contributed by atoms with Gasteiger partial charge >= 0.3 is 0 Å². The number of hydrogen-bond donors (Lipinski definition) is 0. The summed E-state index contributed by atoms with van der Waals surface area (Å²) in [5, 5.41) is 2.29. The van der Waals surface area contributed by atoms with Crippen LogP contribution in [0.25, 0.3) is 67.0 Å².